The number of fused-ring (bicyclic) bond motifs is 1. The summed E-state index contributed by atoms with van der Waals surface area (Å²) >= 11 is 0. The summed E-state index contributed by atoms with van der Waals surface area (Å²) in [6.07, 6.45) is 4.61. The number of urea groups is 1. The summed E-state index contributed by atoms with van der Waals surface area (Å²) in [5, 5.41) is 2.90. The molecule has 3 rings (SSSR count). The molecule has 2 aromatic heterocycles. The molecule has 142 valence electrons. The van der Waals surface area contributed by atoms with E-state index < -0.39 is 0 Å². The lowest BCUT2D eigenvalue weighted by Gasteiger charge is -2.33. The monoisotopic (exact) mass is 359 g/mol. The van der Waals surface area contributed by atoms with Gasteiger partial charge in [-0.15, -0.1) is 0 Å². The fourth-order valence-corrected chi connectivity index (χ4v) is 3.57. The fraction of sp³-hybridized carbons (Fsp3) is 0.632. The van der Waals surface area contributed by atoms with E-state index in [0.29, 0.717) is 25.1 Å². The van der Waals surface area contributed by atoms with Gasteiger partial charge in [-0.1, -0.05) is 13.8 Å². The highest BCUT2D eigenvalue weighted by atomic mass is 16.5. The Morgan fingerprint density at radius 3 is 2.85 bits per heavy atom. The highest BCUT2D eigenvalue weighted by molar-refractivity contribution is 5.74. The topological polar surface area (TPSA) is 72.3 Å². The molecule has 1 saturated heterocycles. The minimum Gasteiger partial charge on any atom is -0.383 e. The molecule has 0 aromatic carbocycles. The number of hydrogen-bond donors (Lipinski definition) is 1. The van der Waals surface area contributed by atoms with Crippen molar-refractivity contribution in [2.45, 2.75) is 39.2 Å². The number of carbonyl (C=O) groups excluding carboxylic acids is 1. The first-order valence-electron chi connectivity index (χ1n) is 9.43. The van der Waals surface area contributed by atoms with Crippen LogP contribution in [0.25, 0.3) is 11.2 Å². The maximum atomic E-state index is 12.2. The molecule has 0 spiro atoms. The van der Waals surface area contributed by atoms with E-state index in [1.54, 1.807) is 7.11 Å². The molecule has 1 fully saturated rings. The number of ether oxygens (including phenoxy) is 1. The van der Waals surface area contributed by atoms with Crippen LogP contribution in [0.3, 0.4) is 0 Å². The molecule has 3 heterocycles. The van der Waals surface area contributed by atoms with Crippen molar-refractivity contribution < 1.29 is 9.53 Å². The van der Waals surface area contributed by atoms with Crippen molar-refractivity contribution in [3.63, 3.8) is 0 Å². The number of nitrogens with zero attached hydrogens (tertiary/aromatic N) is 4. The van der Waals surface area contributed by atoms with E-state index in [1.807, 2.05) is 23.2 Å². The number of hydrogen-bond acceptors (Lipinski definition) is 4. The number of carbonyl (C=O) groups is 1. The molecule has 1 aliphatic heterocycles. The molecule has 2 amide bonds. The normalized spacial score (nSPS) is 15.8. The van der Waals surface area contributed by atoms with Crippen LogP contribution in [0.4, 0.5) is 4.79 Å². The summed E-state index contributed by atoms with van der Waals surface area (Å²) < 4.78 is 7.30. The summed E-state index contributed by atoms with van der Waals surface area (Å²) in [6.45, 7) is 7.00. The van der Waals surface area contributed by atoms with Crippen LogP contribution in [0.15, 0.2) is 18.3 Å². The van der Waals surface area contributed by atoms with Gasteiger partial charge in [0.2, 0.25) is 0 Å². The predicted octanol–water partition coefficient (Wildman–Crippen LogP) is 2.62. The molecule has 1 aliphatic rings. The van der Waals surface area contributed by atoms with Crippen LogP contribution in [0.5, 0.6) is 0 Å². The second kappa shape index (κ2) is 8.49. The van der Waals surface area contributed by atoms with Gasteiger partial charge >= 0.3 is 6.03 Å². The van der Waals surface area contributed by atoms with Gasteiger partial charge in [0.25, 0.3) is 0 Å². The maximum Gasteiger partial charge on any atom is 0.317 e. The van der Waals surface area contributed by atoms with Gasteiger partial charge in [-0.3, -0.25) is 0 Å². The highest BCUT2D eigenvalue weighted by Gasteiger charge is 2.27. The number of imidazole rings is 1. The van der Waals surface area contributed by atoms with Crippen molar-refractivity contribution >= 4 is 17.2 Å². The second-order valence-corrected chi connectivity index (χ2v) is 7.29. The molecular formula is C19H29N5O2. The Hall–Kier alpha value is -2.15. The molecule has 7 nitrogen and oxygen atoms in total. The van der Waals surface area contributed by atoms with Crippen molar-refractivity contribution in [3.05, 3.63) is 24.2 Å². The number of pyridine rings is 1. The van der Waals surface area contributed by atoms with Gasteiger partial charge in [0.1, 0.15) is 11.3 Å². The second-order valence-electron chi connectivity index (χ2n) is 7.29. The zero-order valence-corrected chi connectivity index (χ0v) is 15.9. The first-order chi connectivity index (χ1) is 12.6. The van der Waals surface area contributed by atoms with Crippen molar-refractivity contribution in [2.75, 3.05) is 33.4 Å². The Bertz CT molecular complexity index is 735. The largest absolute Gasteiger partial charge is 0.383 e. The average Bonchev–Trinajstić information content (AvgIpc) is 2.99. The molecule has 2 aromatic rings. The molecule has 0 atom stereocenters. The fourth-order valence-electron chi connectivity index (χ4n) is 3.57. The van der Waals surface area contributed by atoms with Gasteiger partial charge in [0, 0.05) is 45.4 Å². The molecule has 0 radical (unpaired) electrons. The number of aromatic nitrogens is 3. The number of amides is 2. The maximum absolute atomic E-state index is 12.2. The molecule has 0 saturated carbocycles. The summed E-state index contributed by atoms with van der Waals surface area (Å²) in [5.41, 5.74) is 1.93. The number of nitrogens with one attached hydrogen (secondary N) is 1. The Kier molecular flexibility index (Phi) is 6.08. The average molecular weight is 359 g/mol. The predicted molar refractivity (Wildman–Crippen MR) is 101 cm³/mol. The summed E-state index contributed by atoms with van der Waals surface area (Å²) in [5.74, 6) is 1.65. The SMILES string of the molecule is COCCNC(=O)N1CCC(n2c(CC(C)C)nc3cccnc32)CC1. The van der Waals surface area contributed by atoms with E-state index in [-0.39, 0.29) is 6.03 Å². The van der Waals surface area contributed by atoms with Crippen LogP contribution in [-0.4, -0.2) is 58.8 Å². The lowest BCUT2D eigenvalue weighted by molar-refractivity contribution is 0.162. The zero-order chi connectivity index (χ0) is 18.5. The minimum atomic E-state index is -0.00322. The van der Waals surface area contributed by atoms with E-state index in [2.05, 4.69) is 28.7 Å². The van der Waals surface area contributed by atoms with Crippen LogP contribution >= 0.6 is 0 Å². The van der Waals surface area contributed by atoms with Crippen LogP contribution in [0.2, 0.25) is 0 Å². The number of likely N-dealkylation sites (tertiary alicyclic amines) is 1. The first kappa shape index (κ1) is 18.6. The molecule has 0 bridgehead atoms. The highest BCUT2D eigenvalue weighted by Crippen LogP contribution is 2.29. The van der Waals surface area contributed by atoms with E-state index in [9.17, 15) is 4.79 Å². The smallest absolute Gasteiger partial charge is 0.317 e. The Morgan fingerprint density at radius 1 is 1.38 bits per heavy atom. The van der Waals surface area contributed by atoms with E-state index in [1.165, 1.54) is 0 Å². The van der Waals surface area contributed by atoms with Gasteiger partial charge in [-0.2, -0.15) is 0 Å². The van der Waals surface area contributed by atoms with Crippen molar-refractivity contribution in [1.29, 1.82) is 0 Å². The van der Waals surface area contributed by atoms with Crippen LogP contribution < -0.4 is 5.32 Å². The summed E-state index contributed by atoms with van der Waals surface area (Å²) in [4.78, 5) is 23.5. The minimum absolute atomic E-state index is 0.00322. The van der Waals surface area contributed by atoms with E-state index in [4.69, 9.17) is 9.72 Å². The van der Waals surface area contributed by atoms with Gasteiger partial charge < -0.3 is 19.5 Å². The molecule has 7 heteroatoms. The molecule has 0 aliphatic carbocycles. The molecule has 1 N–H and O–H groups in total. The Labute approximate surface area is 154 Å². The van der Waals surface area contributed by atoms with Crippen molar-refractivity contribution in [2.24, 2.45) is 5.92 Å². The molecule has 26 heavy (non-hydrogen) atoms. The lowest BCUT2D eigenvalue weighted by Crippen LogP contribution is -2.45. The number of methoxy groups -OCH3 is 1. The first-order valence-corrected chi connectivity index (χ1v) is 9.43. The molecule has 0 unspecified atom stereocenters. The molecular weight excluding hydrogens is 330 g/mol. The third kappa shape index (κ3) is 4.15. The van der Waals surface area contributed by atoms with E-state index >= 15 is 0 Å². The van der Waals surface area contributed by atoms with Gasteiger partial charge in [-0.05, 0) is 30.9 Å². The van der Waals surface area contributed by atoms with Crippen LogP contribution in [0.1, 0.15) is 38.6 Å². The van der Waals surface area contributed by atoms with Crippen LogP contribution in [0, 0.1) is 5.92 Å². The number of rotatable bonds is 6. The van der Waals surface area contributed by atoms with Gasteiger partial charge in [0.05, 0.1) is 6.61 Å². The Balaban J connectivity index is 1.72. The number of piperidine rings is 1. The zero-order valence-electron chi connectivity index (χ0n) is 15.9. The third-order valence-electron chi connectivity index (χ3n) is 4.81. The third-order valence-corrected chi connectivity index (χ3v) is 4.81. The van der Waals surface area contributed by atoms with Crippen molar-refractivity contribution in [1.82, 2.24) is 24.8 Å². The Morgan fingerprint density at radius 2 is 2.15 bits per heavy atom. The summed E-state index contributed by atoms with van der Waals surface area (Å²) in [6, 6.07) is 4.30. The van der Waals surface area contributed by atoms with Gasteiger partial charge in [0.15, 0.2) is 5.65 Å². The van der Waals surface area contributed by atoms with Crippen molar-refractivity contribution in [3.8, 4) is 0 Å². The lowest BCUT2D eigenvalue weighted by atomic mass is 10.0. The standard InChI is InChI=1S/C19H29N5O2/c1-14(2)13-17-22-16-5-4-8-20-18(16)24(17)15-6-10-23(11-7-15)19(25)21-9-12-26-3/h4-5,8,14-15H,6-7,9-13H2,1-3H3,(H,21,25). The van der Waals surface area contributed by atoms with Gasteiger partial charge in [-0.25, -0.2) is 14.8 Å². The van der Waals surface area contributed by atoms with E-state index in [0.717, 1.165) is 49.3 Å². The van der Waals surface area contributed by atoms with Crippen LogP contribution in [-0.2, 0) is 11.2 Å². The summed E-state index contributed by atoms with van der Waals surface area (Å²) in [7, 11) is 1.63. The quantitative estimate of drug-likeness (QED) is 0.805.